The first-order valence-corrected chi connectivity index (χ1v) is 12.0. The number of piperazine rings is 1. The number of aromatic hydroxyl groups is 1. The summed E-state index contributed by atoms with van der Waals surface area (Å²) in [4.78, 5) is 22.1. The van der Waals surface area contributed by atoms with Crippen LogP contribution in [0.25, 0.3) is 10.9 Å². The predicted octanol–water partition coefficient (Wildman–Crippen LogP) is 3.62. The van der Waals surface area contributed by atoms with Crippen LogP contribution in [0.2, 0.25) is 0 Å². The second-order valence-electron chi connectivity index (χ2n) is 8.79. The third-order valence-corrected chi connectivity index (χ3v) is 6.31. The van der Waals surface area contributed by atoms with Gasteiger partial charge in [-0.3, -0.25) is 14.3 Å². The number of nitrogens with zero attached hydrogens (tertiary/aromatic N) is 6. The highest BCUT2D eigenvalue weighted by molar-refractivity contribution is 5.99. The highest BCUT2D eigenvalue weighted by Gasteiger charge is 2.20. The van der Waals surface area contributed by atoms with E-state index >= 15 is 0 Å². The van der Waals surface area contributed by atoms with Gasteiger partial charge in [-0.2, -0.15) is 0 Å². The molecule has 11 heteroatoms. The van der Waals surface area contributed by atoms with Crippen molar-refractivity contribution in [3.05, 3.63) is 48.0 Å². The number of ether oxygens (including phenoxy) is 2. The molecule has 1 aliphatic rings. The molecule has 2 aromatic carbocycles. The predicted molar refractivity (Wildman–Crippen MR) is 140 cm³/mol. The lowest BCUT2D eigenvalue weighted by atomic mass is 10.1. The summed E-state index contributed by atoms with van der Waals surface area (Å²) in [7, 11) is 5.21. The number of hydrogen-bond acceptors (Lipinski definition) is 9. The number of para-hydroxylation sites is 1. The van der Waals surface area contributed by atoms with Crippen molar-refractivity contribution in [3.8, 4) is 17.4 Å². The maximum Gasteiger partial charge on any atom is 0.304 e. The lowest BCUT2D eigenvalue weighted by Gasteiger charge is -2.32. The molecule has 1 fully saturated rings. The van der Waals surface area contributed by atoms with E-state index in [2.05, 4.69) is 32.2 Å². The number of hydrogen-bond donors (Lipinski definition) is 1. The maximum atomic E-state index is 12.3. The quantitative estimate of drug-likeness (QED) is 0.267. The number of rotatable bonds is 9. The number of azo groups is 1. The Balaban J connectivity index is 1.43. The highest BCUT2D eigenvalue weighted by atomic mass is 16.6. The molecule has 2 heterocycles. The molecule has 1 amide bonds. The highest BCUT2D eigenvalue weighted by Crippen LogP contribution is 2.39. The van der Waals surface area contributed by atoms with E-state index in [0.717, 1.165) is 37.3 Å². The van der Waals surface area contributed by atoms with Gasteiger partial charge in [-0.05, 0) is 38.2 Å². The Morgan fingerprint density at radius 3 is 2.49 bits per heavy atom. The summed E-state index contributed by atoms with van der Waals surface area (Å²) in [6.07, 6.45) is 0. The summed E-state index contributed by atoms with van der Waals surface area (Å²) in [6, 6.07) is 12.9. The van der Waals surface area contributed by atoms with Gasteiger partial charge < -0.3 is 24.3 Å². The molecule has 0 atom stereocenters. The molecule has 1 aliphatic heterocycles. The molecular formula is C26H32N6O5. The molecule has 1 aromatic heterocycles. The molecule has 11 nitrogen and oxygen atoms in total. The fourth-order valence-corrected chi connectivity index (χ4v) is 4.14. The molecule has 0 bridgehead atoms. The van der Waals surface area contributed by atoms with E-state index < -0.39 is 12.5 Å². The van der Waals surface area contributed by atoms with Gasteiger partial charge in [0.05, 0.1) is 32.1 Å². The first-order chi connectivity index (χ1) is 17.9. The summed E-state index contributed by atoms with van der Waals surface area (Å²) in [5.74, 6) is 0.508. The van der Waals surface area contributed by atoms with Crippen molar-refractivity contribution in [2.45, 2.75) is 13.6 Å². The van der Waals surface area contributed by atoms with E-state index in [1.54, 1.807) is 37.8 Å². The Morgan fingerprint density at radius 1 is 1.03 bits per heavy atom. The molecule has 37 heavy (non-hydrogen) atoms. The Hall–Kier alpha value is -3.96. The molecule has 0 radical (unpaired) electrons. The molecule has 3 aromatic rings. The van der Waals surface area contributed by atoms with E-state index in [4.69, 9.17) is 14.3 Å². The van der Waals surface area contributed by atoms with Crippen molar-refractivity contribution in [1.82, 2.24) is 14.4 Å². The number of carbonyl (C=O) groups is 1. The smallest absolute Gasteiger partial charge is 0.304 e. The molecule has 0 saturated carbocycles. The first kappa shape index (κ1) is 26.1. The van der Waals surface area contributed by atoms with E-state index in [1.807, 2.05) is 30.3 Å². The third kappa shape index (κ3) is 6.07. The molecular weight excluding hydrogens is 476 g/mol. The number of amides is 1. The van der Waals surface area contributed by atoms with Crippen molar-refractivity contribution in [3.63, 3.8) is 0 Å². The van der Waals surface area contributed by atoms with Crippen molar-refractivity contribution in [2.24, 2.45) is 15.4 Å². The zero-order chi connectivity index (χ0) is 26.4. The minimum atomic E-state index is -0.626. The van der Waals surface area contributed by atoms with E-state index in [-0.39, 0.29) is 11.6 Å². The molecule has 1 saturated heterocycles. The summed E-state index contributed by atoms with van der Waals surface area (Å²) in [5.41, 5.74) is 2.38. The number of methoxy groups -OCH3 is 2. The van der Waals surface area contributed by atoms with Crippen LogP contribution in [-0.4, -0.2) is 85.1 Å². The van der Waals surface area contributed by atoms with Crippen LogP contribution in [0.4, 0.5) is 5.69 Å². The maximum absolute atomic E-state index is 12.3. The molecule has 1 N–H and O–H groups in total. The Morgan fingerprint density at radius 2 is 1.76 bits per heavy atom. The van der Waals surface area contributed by atoms with Crippen LogP contribution < -0.4 is 9.47 Å². The molecule has 4 rings (SSSR count). The zero-order valence-electron chi connectivity index (χ0n) is 21.5. The summed E-state index contributed by atoms with van der Waals surface area (Å²) < 4.78 is 12.3. The van der Waals surface area contributed by atoms with Crippen molar-refractivity contribution >= 4 is 28.2 Å². The van der Waals surface area contributed by atoms with Gasteiger partial charge in [0.25, 0.3) is 0 Å². The minimum Gasteiger partial charge on any atom is -0.493 e. The van der Waals surface area contributed by atoms with E-state index in [0.29, 0.717) is 29.3 Å². The van der Waals surface area contributed by atoms with Crippen LogP contribution >= 0.6 is 0 Å². The zero-order valence-corrected chi connectivity index (χ0v) is 21.5. The monoisotopic (exact) mass is 508 g/mol. The fraction of sp³-hybridized carbons (Fsp3) is 0.385. The molecule has 0 spiro atoms. The van der Waals surface area contributed by atoms with E-state index in [9.17, 15) is 9.90 Å². The number of benzene rings is 2. The second-order valence-corrected chi connectivity index (χ2v) is 8.79. The Bertz CT molecular complexity index is 1310. The number of carbonyl (C=O) groups excluding carboxylic acids is 1. The van der Waals surface area contributed by atoms with Gasteiger partial charge in [0.1, 0.15) is 0 Å². The second kappa shape index (κ2) is 11.8. The fourth-order valence-electron chi connectivity index (χ4n) is 4.14. The molecule has 196 valence electrons. The SMILES string of the molecule is COc1ccc(/C(C)=N/OCC(=O)N=Nc2c(O)n(CN3CCN(C)CC3)c3ccccc23)cc1OC. The van der Waals surface area contributed by atoms with Crippen molar-refractivity contribution in [2.75, 3.05) is 54.1 Å². The van der Waals surface area contributed by atoms with Crippen LogP contribution in [0, 0.1) is 0 Å². The van der Waals surface area contributed by atoms with Crippen molar-refractivity contribution in [1.29, 1.82) is 0 Å². The van der Waals surface area contributed by atoms with Crippen LogP contribution in [0.5, 0.6) is 17.4 Å². The van der Waals surface area contributed by atoms with Gasteiger partial charge in [0, 0.05) is 37.1 Å². The number of aromatic nitrogens is 1. The van der Waals surface area contributed by atoms with Gasteiger partial charge in [0.2, 0.25) is 5.88 Å². The average molecular weight is 509 g/mol. The number of likely N-dealkylation sites (N-methyl/N-ethyl adjacent to an activating group) is 1. The standard InChI is InChI=1S/C26H32N6O5/c1-18(19-9-10-22(35-3)23(15-19)36-4)29-37-16-24(33)27-28-25-20-7-5-6-8-21(20)32(26(25)34)17-31-13-11-30(2)12-14-31/h5-10,15,34H,11-14,16-17H2,1-4H3/b28-27?,29-18+. The van der Waals surface area contributed by atoms with Gasteiger partial charge in [0.15, 0.2) is 23.8 Å². The van der Waals surface area contributed by atoms with Crippen LogP contribution in [0.3, 0.4) is 0 Å². The van der Waals surface area contributed by atoms with Gasteiger partial charge >= 0.3 is 5.91 Å². The minimum absolute atomic E-state index is 0.0279. The average Bonchev–Trinajstić information content (AvgIpc) is 3.18. The van der Waals surface area contributed by atoms with E-state index in [1.165, 1.54) is 0 Å². The lowest BCUT2D eigenvalue weighted by molar-refractivity contribution is -0.122. The van der Waals surface area contributed by atoms with Crippen molar-refractivity contribution < 1.29 is 24.2 Å². The van der Waals surface area contributed by atoms with Crippen LogP contribution in [0.15, 0.2) is 57.8 Å². The largest absolute Gasteiger partial charge is 0.493 e. The summed E-state index contributed by atoms with van der Waals surface area (Å²) >= 11 is 0. The van der Waals surface area contributed by atoms with Gasteiger partial charge in [-0.15, -0.1) is 10.2 Å². The normalized spacial score (nSPS) is 15.4. The van der Waals surface area contributed by atoms with Gasteiger partial charge in [-0.25, -0.2) is 0 Å². The Kier molecular flexibility index (Phi) is 8.36. The number of oxime groups is 1. The lowest BCUT2D eigenvalue weighted by Crippen LogP contribution is -2.44. The number of fused-ring (bicyclic) bond motifs is 1. The van der Waals surface area contributed by atoms with Crippen LogP contribution in [-0.2, 0) is 16.3 Å². The summed E-state index contributed by atoms with van der Waals surface area (Å²) in [6.45, 7) is 5.62. The summed E-state index contributed by atoms with van der Waals surface area (Å²) in [5, 5.41) is 23.5. The Labute approximate surface area is 215 Å². The topological polar surface area (TPSA) is 113 Å². The third-order valence-electron chi connectivity index (χ3n) is 6.31. The molecule has 0 aliphatic carbocycles. The first-order valence-electron chi connectivity index (χ1n) is 12.0. The van der Waals surface area contributed by atoms with Gasteiger partial charge in [-0.1, -0.05) is 23.4 Å². The molecule has 0 unspecified atom stereocenters. The van der Waals surface area contributed by atoms with Crippen LogP contribution in [0.1, 0.15) is 12.5 Å².